The first-order chi connectivity index (χ1) is 8.39. The molecule has 0 bridgehead atoms. The molecule has 1 aromatic heterocycles. The van der Waals surface area contributed by atoms with Crippen molar-refractivity contribution >= 4 is 15.7 Å². The Morgan fingerprint density at radius 3 is 2.56 bits per heavy atom. The summed E-state index contributed by atoms with van der Waals surface area (Å²) in [6.45, 7) is 3.44. The Kier molecular flexibility index (Phi) is 4.62. The number of nitrogens with zero attached hydrogens (tertiary/aromatic N) is 4. The van der Waals surface area contributed by atoms with Gasteiger partial charge in [-0.25, -0.2) is 18.4 Å². The summed E-state index contributed by atoms with van der Waals surface area (Å²) in [7, 11) is -1.27. The van der Waals surface area contributed by atoms with Crippen molar-refractivity contribution in [1.29, 1.82) is 5.26 Å². The van der Waals surface area contributed by atoms with Gasteiger partial charge in [-0.05, 0) is 6.92 Å². The predicted molar refractivity (Wildman–Crippen MR) is 68.9 cm³/mol. The van der Waals surface area contributed by atoms with Crippen LogP contribution in [0.4, 0.5) is 5.82 Å². The first-order valence-corrected chi connectivity index (χ1v) is 7.37. The van der Waals surface area contributed by atoms with Gasteiger partial charge in [-0.1, -0.05) is 6.92 Å². The lowest BCUT2D eigenvalue weighted by Crippen LogP contribution is -2.36. The van der Waals surface area contributed by atoms with Crippen LogP contribution in [0, 0.1) is 11.3 Å². The minimum atomic E-state index is -3.03. The normalized spacial score (nSPS) is 12.8. The Bertz CT molecular complexity index is 533. The molecule has 0 spiro atoms. The van der Waals surface area contributed by atoms with Crippen molar-refractivity contribution in [1.82, 2.24) is 9.97 Å². The van der Waals surface area contributed by atoms with Gasteiger partial charge in [0.25, 0.3) is 0 Å². The molecule has 1 heterocycles. The van der Waals surface area contributed by atoms with E-state index in [9.17, 15) is 8.42 Å². The van der Waals surface area contributed by atoms with Crippen LogP contribution in [0.5, 0.6) is 0 Å². The minimum Gasteiger partial charge on any atom is -0.355 e. The van der Waals surface area contributed by atoms with E-state index in [-0.39, 0.29) is 23.2 Å². The van der Waals surface area contributed by atoms with Gasteiger partial charge in [-0.2, -0.15) is 5.26 Å². The van der Waals surface area contributed by atoms with E-state index < -0.39 is 9.84 Å². The van der Waals surface area contributed by atoms with Crippen LogP contribution in [0.3, 0.4) is 0 Å². The van der Waals surface area contributed by atoms with E-state index in [0.717, 1.165) is 0 Å². The predicted octanol–water partition coefficient (Wildman–Crippen LogP) is 0.608. The highest BCUT2D eigenvalue weighted by atomic mass is 32.2. The highest BCUT2D eigenvalue weighted by molar-refractivity contribution is 7.91. The van der Waals surface area contributed by atoms with Gasteiger partial charge in [-0.3, -0.25) is 0 Å². The number of rotatable bonds is 5. The van der Waals surface area contributed by atoms with Gasteiger partial charge in [-0.15, -0.1) is 0 Å². The molecule has 6 nitrogen and oxygen atoms in total. The van der Waals surface area contributed by atoms with Crippen LogP contribution >= 0.6 is 0 Å². The molecule has 7 heteroatoms. The molecule has 0 saturated carbocycles. The maximum absolute atomic E-state index is 11.5. The molecule has 0 N–H and O–H groups in total. The summed E-state index contributed by atoms with van der Waals surface area (Å²) in [6.07, 6.45) is 2.83. The fourth-order valence-corrected chi connectivity index (χ4v) is 2.58. The number of sulfone groups is 1. The average molecular weight is 268 g/mol. The molecule has 0 aromatic carbocycles. The molecule has 1 atom stereocenters. The zero-order chi connectivity index (χ0) is 13.8. The highest BCUT2D eigenvalue weighted by Crippen LogP contribution is 2.11. The van der Waals surface area contributed by atoms with Crippen molar-refractivity contribution in [3.05, 3.63) is 18.1 Å². The summed E-state index contributed by atoms with van der Waals surface area (Å²) in [6, 6.07) is 1.68. The number of hydrogen-bond donors (Lipinski definition) is 0. The number of aromatic nitrogens is 2. The van der Waals surface area contributed by atoms with Crippen LogP contribution < -0.4 is 4.90 Å². The van der Waals surface area contributed by atoms with Gasteiger partial charge in [0.15, 0.2) is 15.5 Å². The standard InChI is InChI=1S/C11H16N4O2S/c1-4-18(16,17)8-9(2)15(3)11-7-13-10(5-12)6-14-11/h6-7,9H,4,8H2,1-3H3. The third-order valence-electron chi connectivity index (χ3n) is 2.71. The summed E-state index contributed by atoms with van der Waals surface area (Å²) in [5.41, 5.74) is 0.237. The first-order valence-electron chi connectivity index (χ1n) is 5.55. The van der Waals surface area contributed by atoms with Crippen LogP contribution in [-0.4, -0.2) is 43.0 Å². The zero-order valence-electron chi connectivity index (χ0n) is 10.7. The van der Waals surface area contributed by atoms with Gasteiger partial charge in [0.2, 0.25) is 0 Å². The van der Waals surface area contributed by atoms with Crippen LogP contribution in [0.25, 0.3) is 0 Å². The summed E-state index contributed by atoms with van der Waals surface area (Å²) >= 11 is 0. The van der Waals surface area contributed by atoms with Crippen molar-refractivity contribution in [3.8, 4) is 6.07 Å². The Balaban J connectivity index is 2.80. The van der Waals surface area contributed by atoms with E-state index in [1.165, 1.54) is 12.4 Å². The number of anilines is 1. The molecule has 0 saturated heterocycles. The van der Waals surface area contributed by atoms with Crippen molar-refractivity contribution in [2.45, 2.75) is 19.9 Å². The molecule has 0 fully saturated rings. The summed E-state index contributed by atoms with van der Waals surface area (Å²) in [5.74, 6) is 0.749. The molecule has 0 amide bonds. The van der Waals surface area contributed by atoms with Gasteiger partial charge < -0.3 is 4.90 Å². The molecule has 0 aliphatic carbocycles. The van der Waals surface area contributed by atoms with E-state index in [2.05, 4.69) is 9.97 Å². The quantitative estimate of drug-likeness (QED) is 0.777. The molecule has 0 aliphatic heterocycles. The second kappa shape index (κ2) is 5.78. The minimum absolute atomic E-state index is 0.0711. The second-order valence-electron chi connectivity index (χ2n) is 4.03. The van der Waals surface area contributed by atoms with Gasteiger partial charge in [0, 0.05) is 18.8 Å². The lowest BCUT2D eigenvalue weighted by atomic mass is 10.3. The van der Waals surface area contributed by atoms with E-state index in [1.807, 2.05) is 13.0 Å². The lowest BCUT2D eigenvalue weighted by molar-refractivity contribution is 0.588. The van der Waals surface area contributed by atoms with E-state index >= 15 is 0 Å². The fourth-order valence-electron chi connectivity index (χ4n) is 1.38. The smallest absolute Gasteiger partial charge is 0.158 e. The maximum Gasteiger partial charge on any atom is 0.158 e. The van der Waals surface area contributed by atoms with Crippen molar-refractivity contribution in [2.75, 3.05) is 23.5 Å². The molecule has 0 aliphatic rings. The maximum atomic E-state index is 11.5. The Hall–Kier alpha value is -1.68. The first kappa shape index (κ1) is 14.4. The van der Waals surface area contributed by atoms with E-state index in [1.54, 1.807) is 18.9 Å². The summed E-state index contributed by atoms with van der Waals surface area (Å²) in [5, 5.41) is 8.62. The summed E-state index contributed by atoms with van der Waals surface area (Å²) < 4.78 is 23.1. The third-order valence-corrected chi connectivity index (χ3v) is 4.58. The Morgan fingerprint density at radius 2 is 2.11 bits per heavy atom. The Morgan fingerprint density at radius 1 is 1.44 bits per heavy atom. The molecular formula is C11H16N4O2S. The van der Waals surface area contributed by atoms with Gasteiger partial charge in [0.05, 0.1) is 18.1 Å². The summed E-state index contributed by atoms with van der Waals surface area (Å²) in [4.78, 5) is 9.71. The zero-order valence-corrected chi connectivity index (χ0v) is 11.5. The molecule has 0 radical (unpaired) electrons. The fraction of sp³-hybridized carbons (Fsp3) is 0.545. The van der Waals surface area contributed by atoms with Crippen LogP contribution in [0.1, 0.15) is 19.5 Å². The largest absolute Gasteiger partial charge is 0.355 e. The number of nitriles is 1. The lowest BCUT2D eigenvalue weighted by Gasteiger charge is -2.25. The van der Waals surface area contributed by atoms with Crippen molar-refractivity contribution < 1.29 is 8.42 Å². The molecule has 1 unspecified atom stereocenters. The topological polar surface area (TPSA) is 87.0 Å². The molecule has 1 rings (SSSR count). The Labute approximate surface area is 107 Å². The van der Waals surface area contributed by atoms with E-state index in [0.29, 0.717) is 5.82 Å². The molecule has 18 heavy (non-hydrogen) atoms. The SMILES string of the molecule is CCS(=O)(=O)CC(C)N(C)c1cnc(C#N)cn1. The monoisotopic (exact) mass is 268 g/mol. The van der Waals surface area contributed by atoms with E-state index in [4.69, 9.17) is 5.26 Å². The second-order valence-corrected chi connectivity index (χ2v) is 6.43. The molecular weight excluding hydrogens is 252 g/mol. The average Bonchev–Trinajstić information content (AvgIpc) is 2.37. The van der Waals surface area contributed by atoms with Crippen LogP contribution in [-0.2, 0) is 9.84 Å². The molecule has 1 aromatic rings. The molecule has 98 valence electrons. The number of hydrogen-bond acceptors (Lipinski definition) is 6. The van der Waals surface area contributed by atoms with Crippen molar-refractivity contribution in [2.24, 2.45) is 0 Å². The highest BCUT2D eigenvalue weighted by Gasteiger charge is 2.18. The van der Waals surface area contributed by atoms with Crippen LogP contribution in [0.15, 0.2) is 12.4 Å². The van der Waals surface area contributed by atoms with Crippen LogP contribution in [0.2, 0.25) is 0 Å². The third kappa shape index (κ3) is 3.67. The van der Waals surface area contributed by atoms with Crippen molar-refractivity contribution in [3.63, 3.8) is 0 Å². The van der Waals surface area contributed by atoms with Gasteiger partial charge in [0.1, 0.15) is 11.9 Å². The van der Waals surface area contributed by atoms with Gasteiger partial charge >= 0.3 is 0 Å².